The second-order valence-electron chi connectivity index (χ2n) is 2.90. The molecule has 1 aromatic rings. The van der Waals surface area contributed by atoms with Crippen LogP contribution in [0, 0.1) is 6.92 Å². The van der Waals surface area contributed by atoms with Gasteiger partial charge in [0.05, 0.1) is 6.10 Å². The van der Waals surface area contributed by atoms with Crippen LogP contribution in [0.3, 0.4) is 0 Å². The molecule has 0 aromatic heterocycles. The van der Waals surface area contributed by atoms with Gasteiger partial charge in [-0.05, 0) is 43.4 Å². The molecule has 0 aliphatic carbocycles. The SMILES string of the molecule is CSc1ccc(C(C)O)c(C)c1. The zero-order chi connectivity index (χ0) is 9.14. The Bertz CT molecular complexity index is 269. The molecule has 0 radical (unpaired) electrons. The van der Waals surface area contributed by atoms with Gasteiger partial charge < -0.3 is 5.11 Å². The van der Waals surface area contributed by atoms with Crippen LogP contribution in [0.25, 0.3) is 0 Å². The molecule has 1 atom stereocenters. The van der Waals surface area contributed by atoms with E-state index < -0.39 is 0 Å². The number of hydrogen-bond donors (Lipinski definition) is 1. The van der Waals surface area contributed by atoms with Gasteiger partial charge in [0, 0.05) is 4.90 Å². The molecule has 0 fully saturated rings. The van der Waals surface area contributed by atoms with Crippen molar-refractivity contribution in [2.45, 2.75) is 24.8 Å². The van der Waals surface area contributed by atoms with Crippen LogP contribution >= 0.6 is 11.8 Å². The van der Waals surface area contributed by atoms with Gasteiger partial charge in [0.1, 0.15) is 0 Å². The second-order valence-corrected chi connectivity index (χ2v) is 3.78. The van der Waals surface area contributed by atoms with Crippen LogP contribution in [0.5, 0.6) is 0 Å². The summed E-state index contributed by atoms with van der Waals surface area (Å²) in [5.41, 5.74) is 2.18. The first-order valence-electron chi connectivity index (χ1n) is 3.97. The van der Waals surface area contributed by atoms with Crippen molar-refractivity contribution >= 4 is 11.8 Å². The topological polar surface area (TPSA) is 20.2 Å². The lowest BCUT2D eigenvalue weighted by molar-refractivity contribution is 0.198. The first kappa shape index (κ1) is 9.62. The third-order valence-corrected chi connectivity index (χ3v) is 2.65. The standard InChI is InChI=1S/C10H14OS/c1-7-6-9(12-3)4-5-10(7)8(2)11/h4-6,8,11H,1-3H3. The Morgan fingerprint density at radius 3 is 2.50 bits per heavy atom. The summed E-state index contributed by atoms with van der Waals surface area (Å²) < 4.78 is 0. The van der Waals surface area contributed by atoms with Crippen LogP contribution in [-0.4, -0.2) is 11.4 Å². The van der Waals surface area contributed by atoms with Crippen molar-refractivity contribution in [3.05, 3.63) is 29.3 Å². The lowest BCUT2D eigenvalue weighted by atomic mass is 10.1. The molecule has 0 heterocycles. The Hall–Kier alpha value is -0.470. The largest absolute Gasteiger partial charge is 0.389 e. The highest BCUT2D eigenvalue weighted by Crippen LogP contribution is 2.22. The molecule has 0 aliphatic rings. The fourth-order valence-corrected chi connectivity index (χ4v) is 1.74. The minimum absolute atomic E-state index is 0.360. The predicted molar refractivity (Wildman–Crippen MR) is 53.6 cm³/mol. The first-order chi connectivity index (χ1) is 5.65. The van der Waals surface area contributed by atoms with E-state index in [9.17, 15) is 5.11 Å². The Kier molecular flexibility index (Phi) is 3.18. The maximum absolute atomic E-state index is 9.36. The summed E-state index contributed by atoms with van der Waals surface area (Å²) in [5.74, 6) is 0. The molecule has 0 saturated carbocycles. The van der Waals surface area contributed by atoms with Gasteiger partial charge in [-0.15, -0.1) is 11.8 Å². The minimum atomic E-state index is -0.360. The molecule has 0 amide bonds. The normalized spacial score (nSPS) is 13.0. The van der Waals surface area contributed by atoms with Gasteiger partial charge in [-0.3, -0.25) is 0 Å². The lowest BCUT2D eigenvalue weighted by Crippen LogP contribution is -1.94. The third-order valence-electron chi connectivity index (χ3n) is 1.93. The zero-order valence-corrected chi connectivity index (χ0v) is 8.48. The van der Waals surface area contributed by atoms with E-state index in [4.69, 9.17) is 0 Å². The van der Waals surface area contributed by atoms with Crippen LogP contribution < -0.4 is 0 Å². The predicted octanol–water partition coefficient (Wildman–Crippen LogP) is 2.77. The van der Waals surface area contributed by atoms with Gasteiger partial charge >= 0.3 is 0 Å². The van der Waals surface area contributed by atoms with Crippen molar-refractivity contribution in [2.75, 3.05) is 6.26 Å². The zero-order valence-electron chi connectivity index (χ0n) is 7.66. The molecule has 0 bridgehead atoms. The maximum atomic E-state index is 9.36. The van der Waals surface area contributed by atoms with E-state index in [0.29, 0.717) is 0 Å². The molecule has 2 heteroatoms. The van der Waals surface area contributed by atoms with E-state index in [1.807, 2.05) is 19.1 Å². The molecule has 12 heavy (non-hydrogen) atoms. The van der Waals surface area contributed by atoms with Crippen molar-refractivity contribution < 1.29 is 5.11 Å². The number of aryl methyl sites for hydroxylation is 1. The first-order valence-corrected chi connectivity index (χ1v) is 5.20. The summed E-state index contributed by atoms with van der Waals surface area (Å²) in [6.45, 7) is 3.82. The van der Waals surface area contributed by atoms with Crippen molar-refractivity contribution in [3.8, 4) is 0 Å². The van der Waals surface area contributed by atoms with Gasteiger partial charge in [0.15, 0.2) is 0 Å². The Morgan fingerprint density at radius 2 is 2.08 bits per heavy atom. The summed E-state index contributed by atoms with van der Waals surface area (Å²) in [6, 6.07) is 6.14. The number of aliphatic hydroxyl groups excluding tert-OH is 1. The molecular formula is C10H14OS. The van der Waals surface area contributed by atoms with E-state index >= 15 is 0 Å². The van der Waals surface area contributed by atoms with E-state index in [1.54, 1.807) is 18.7 Å². The van der Waals surface area contributed by atoms with Gasteiger partial charge in [0.2, 0.25) is 0 Å². The molecular weight excluding hydrogens is 168 g/mol. The highest BCUT2D eigenvalue weighted by atomic mass is 32.2. The van der Waals surface area contributed by atoms with Gasteiger partial charge in [-0.2, -0.15) is 0 Å². The van der Waals surface area contributed by atoms with Gasteiger partial charge in [0.25, 0.3) is 0 Å². The van der Waals surface area contributed by atoms with Gasteiger partial charge in [-0.1, -0.05) is 6.07 Å². The average Bonchev–Trinajstić information content (AvgIpc) is 2.03. The Labute approximate surface area is 77.8 Å². The molecule has 1 unspecified atom stereocenters. The van der Waals surface area contributed by atoms with Crippen molar-refractivity contribution in [1.29, 1.82) is 0 Å². The number of benzene rings is 1. The highest BCUT2D eigenvalue weighted by molar-refractivity contribution is 7.98. The fourth-order valence-electron chi connectivity index (χ4n) is 1.24. The van der Waals surface area contributed by atoms with Crippen LogP contribution in [0.2, 0.25) is 0 Å². The number of rotatable bonds is 2. The molecule has 0 saturated heterocycles. The fraction of sp³-hybridized carbons (Fsp3) is 0.400. The minimum Gasteiger partial charge on any atom is -0.389 e. The van der Waals surface area contributed by atoms with E-state index in [0.717, 1.165) is 11.1 Å². The van der Waals surface area contributed by atoms with Crippen LogP contribution in [0.4, 0.5) is 0 Å². The monoisotopic (exact) mass is 182 g/mol. The molecule has 66 valence electrons. The summed E-state index contributed by atoms with van der Waals surface area (Å²) in [5, 5.41) is 9.36. The van der Waals surface area contributed by atoms with Crippen LogP contribution in [0.1, 0.15) is 24.2 Å². The number of thioether (sulfide) groups is 1. The summed E-state index contributed by atoms with van der Waals surface area (Å²) >= 11 is 1.72. The molecule has 1 aromatic carbocycles. The molecule has 0 spiro atoms. The average molecular weight is 182 g/mol. The summed E-state index contributed by atoms with van der Waals surface area (Å²) in [7, 11) is 0. The highest BCUT2D eigenvalue weighted by Gasteiger charge is 2.04. The van der Waals surface area contributed by atoms with Crippen LogP contribution in [0.15, 0.2) is 23.1 Å². The van der Waals surface area contributed by atoms with E-state index in [1.165, 1.54) is 4.90 Å². The number of aliphatic hydroxyl groups is 1. The quantitative estimate of drug-likeness (QED) is 0.710. The smallest absolute Gasteiger partial charge is 0.0764 e. The van der Waals surface area contributed by atoms with Gasteiger partial charge in [-0.25, -0.2) is 0 Å². The molecule has 1 N–H and O–H groups in total. The second kappa shape index (κ2) is 3.97. The maximum Gasteiger partial charge on any atom is 0.0764 e. The summed E-state index contributed by atoms with van der Waals surface area (Å²) in [6.07, 6.45) is 1.69. The third kappa shape index (κ3) is 2.02. The van der Waals surface area contributed by atoms with Crippen LogP contribution in [-0.2, 0) is 0 Å². The van der Waals surface area contributed by atoms with Crippen molar-refractivity contribution in [3.63, 3.8) is 0 Å². The lowest BCUT2D eigenvalue weighted by Gasteiger charge is -2.09. The summed E-state index contributed by atoms with van der Waals surface area (Å²) in [4.78, 5) is 1.25. The Balaban J connectivity index is 3.03. The molecule has 1 rings (SSSR count). The van der Waals surface area contributed by atoms with Crippen molar-refractivity contribution in [2.24, 2.45) is 0 Å². The van der Waals surface area contributed by atoms with E-state index in [2.05, 4.69) is 12.3 Å². The number of hydrogen-bond acceptors (Lipinski definition) is 2. The van der Waals surface area contributed by atoms with E-state index in [-0.39, 0.29) is 6.10 Å². The molecule has 1 nitrogen and oxygen atoms in total. The van der Waals surface area contributed by atoms with Crippen molar-refractivity contribution in [1.82, 2.24) is 0 Å². The Morgan fingerprint density at radius 1 is 1.42 bits per heavy atom. The molecule has 0 aliphatic heterocycles.